The minimum Gasteiger partial charge on any atom is -0.382 e. The number of hydrogen-bond donors (Lipinski definition) is 1. The van der Waals surface area contributed by atoms with E-state index in [4.69, 9.17) is 4.74 Å². The summed E-state index contributed by atoms with van der Waals surface area (Å²) in [6.45, 7) is 3.89. The van der Waals surface area contributed by atoms with Gasteiger partial charge in [-0.15, -0.1) is 0 Å². The number of anilines is 1. The van der Waals surface area contributed by atoms with Gasteiger partial charge in [-0.05, 0) is 24.5 Å². The van der Waals surface area contributed by atoms with E-state index in [0.29, 0.717) is 12.0 Å². The summed E-state index contributed by atoms with van der Waals surface area (Å²) in [5, 5.41) is 7.95. The molecule has 0 aliphatic carbocycles. The zero-order valence-electron chi connectivity index (χ0n) is 11.9. The molecule has 0 radical (unpaired) electrons. The third-order valence-corrected chi connectivity index (χ3v) is 3.71. The molecule has 1 aromatic carbocycles. The molecule has 0 spiro atoms. The van der Waals surface area contributed by atoms with Gasteiger partial charge in [0.2, 0.25) is 0 Å². The van der Waals surface area contributed by atoms with Crippen molar-refractivity contribution in [2.75, 3.05) is 18.5 Å². The molecule has 3 rings (SSSR count). The summed E-state index contributed by atoms with van der Waals surface area (Å²) in [5.41, 5.74) is 2.16. The van der Waals surface area contributed by atoms with Gasteiger partial charge in [0.05, 0.1) is 6.61 Å². The van der Waals surface area contributed by atoms with Gasteiger partial charge in [-0.2, -0.15) is 5.10 Å². The molecule has 1 aliphatic rings. The van der Waals surface area contributed by atoms with E-state index in [-0.39, 0.29) is 0 Å². The van der Waals surface area contributed by atoms with Gasteiger partial charge in [-0.1, -0.05) is 19.1 Å². The first kappa shape index (κ1) is 13.1. The summed E-state index contributed by atoms with van der Waals surface area (Å²) in [5.74, 6) is 1.29. The Hall–Kier alpha value is -1.88. The lowest BCUT2D eigenvalue weighted by molar-refractivity contribution is 0.0538. The molecule has 5 nitrogen and oxygen atoms in total. The molecule has 1 N–H and O–H groups in total. The molecule has 1 aromatic heterocycles. The van der Waals surface area contributed by atoms with E-state index in [9.17, 15) is 0 Å². The fourth-order valence-electron chi connectivity index (χ4n) is 2.53. The van der Waals surface area contributed by atoms with Crippen LogP contribution < -0.4 is 5.32 Å². The Kier molecular flexibility index (Phi) is 3.69. The summed E-state index contributed by atoms with van der Waals surface area (Å²) in [6.07, 6.45) is 2.77. The molecular weight excluding hydrogens is 252 g/mol. The predicted octanol–water partition coefficient (Wildman–Crippen LogP) is 2.32. The molecule has 106 valence electrons. The zero-order chi connectivity index (χ0) is 13.9. The van der Waals surface area contributed by atoms with Crippen LogP contribution in [0.15, 0.2) is 30.6 Å². The SMILES string of the molecule is C[C@H]1COCC[C@H]1Nc1cccc(-c2ncn(C)n2)c1. The highest BCUT2D eigenvalue weighted by atomic mass is 16.5. The first-order chi connectivity index (χ1) is 9.72. The molecule has 0 unspecified atom stereocenters. The number of hydrogen-bond acceptors (Lipinski definition) is 4. The fraction of sp³-hybridized carbons (Fsp3) is 0.467. The number of rotatable bonds is 3. The maximum atomic E-state index is 5.48. The number of aryl methyl sites for hydroxylation is 1. The lowest BCUT2D eigenvalue weighted by Gasteiger charge is -2.30. The van der Waals surface area contributed by atoms with Crippen LogP contribution in [-0.4, -0.2) is 34.0 Å². The van der Waals surface area contributed by atoms with E-state index in [0.717, 1.165) is 36.7 Å². The summed E-state index contributed by atoms with van der Waals surface area (Å²) in [7, 11) is 1.88. The topological polar surface area (TPSA) is 52.0 Å². The highest BCUT2D eigenvalue weighted by Gasteiger charge is 2.21. The van der Waals surface area contributed by atoms with Crippen molar-refractivity contribution in [1.29, 1.82) is 0 Å². The average Bonchev–Trinajstić information content (AvgIpc) is 2.89. The van der Waals surface area contributed by atoms with Crippen molar-refractivity contribution >= 4 is 5.69 Å². The second-order valence-electron chi connectivity index (χ2n) is 5.41. The first-order valence-electron chi connectivity index (χ1n) is 7.03. The van der Waals surface area contributed by atoms with Crippen LogP contribution in [-0.2, 0) is 11.8 Å². The molecule has 5 heteroatoms. The van der Waals surface area contributed by atoms with Crippen LogP contribution in [0.1, 0.15) is 13.3 Å². The molecule has 1 saturated heterocycles. The van der Waals surface area contributed by atoms with Gasteiger partial charge in [-0.3, -0.25) is 4.68 Å². The monoisotopic (exact) mass is 272 g/mol. The van der Waals surface area contributed by atoms with Gasteiger partial charge in [0.15, 0.2) is 5.82 Å². The van der Waals surface area contributed by atoms with Crippen LogP contribution in [0.3, 0.4) is 0 Å². The highest BCUT2D eigenvalue weighted by molar-refractivity contribution is 5.62. The minimum atomic E-state index is 0.468. The normalized spacial score (nSPS) is 22.7. The first-order valence-corrected chi connectivity index (χ1v) is 7.03. The molecule has 2 atom stereocenters. The van der Waals surface area contributed by atoms with Crippen molar-refractivity contribution in [3.05, 3.63) is 30.6 Å². The summed E-state index contributed by atoms with van der Waals surface area (Å²) >= 11 is 0. The number of benzene rings is 1. The van der Waals surface area contributed by atoms with Crippen LogP contribution in [0.4, 0.5) is 5.69 Å². The summed E-state index contributed by atoms with van der Waals surface area (Å²) < 4.78 is 7.20. The van der Waals surface area contributed by atoms with E-state index in [1.54, 1.807) is 11.0 Å². The van der Waals surface area contributed by atoms with Gasteiger partial charge in [0.25, 0.3) is 0 Å². The molecular formula is C15H20N4O. The largest absolute Gasteiger partial charge is 0.382 e. The molecule has 0 bridgehead atoms. The Morgan fingerprint density at radius 3 is 3.05 bits per heavy atom. The van der Waals surface area contributed by atoms with Crippen molar-refractivity contribution < 1.29 is 4.74 Å². The smallest absolute Gasteiger partial charge is 0.181 e. The molecule has 2 aromatic rings. The van der Waals surface area contributed by atoms with Gasteiger partial charge < -0.3 is 10.1 Å². The Morgan fingerprint density at radius 1 is 1.40 bits per heavy atom. The number of nitrogens with zero attached hydrogens (tertiary/aromatic N) is 3. The lowest BCUT2D eigenvalue weighted by Crippen LogP contribution is -2.35. The molecule has 1 fully saturated rings. The van der Waals surface area contributed by atoms with Crippen LogP contribution in [0, 0.1) is 5.92 Å². The summed E-state index contributed by atoms with van der Waals surface area (Å²) in [4.78, 5) is 4.29. The maximum Gasteiger partial charge on any atom is 0.181 e. The van der Waals surface area contributed by atoms with E-state index < -0.39 is 0 Å². The van der Waals surface area contributed by atoms with Crippen molar-refractivity contribution in [3.63, 3.8) is 0 Å². The van der Waals surface area contributed by atoms with Gasteiger partial charge in [0, 0.05) is 30.9 Å². The number of ether oxygens (including phenoxy) is 1. The van der Waals surface area contributed by atoms with E-state index in [2.05, 4.69) is 34.5 Å². The van der Waals surface area contributed by atoms with Crippen LogP contribution in [0.2, 0.25) is 0 Å². The van der Waals surface area contributed by atoms with Gasteiger partial charge >= 0.3 is 0 Å². The van der Waals surface area contributed by atoms with Crippen LogP contribution in [0.25, 0.3) is 11.4 Å². The van der Waals surface area contributed by atoms with Crippen molar-refractivity contribution in [2.45, 2.75) is 19.4 Å². The second-order valence-corrected chi connectivity index (χ2v) is 5.41. The maximum absolute atomic E-state index is 5.48. The minimum absolute atomic E-state index is 0.468. The standard InChI is InChI=1S/C15H20N4O/c1-11-9-20-7-6-14(11)17-13-5-3-4-12(8-13)15-16-10-19(2)18-15/h3-5,8,10-11,14,17H,6-7,9H2,1-2H3/t11-,14+/m0/s1. The average molecular weight is 272 g/mol. The quantitative estimate of drug-likeness (QED) is 0.931. The van der Waals surface area contributed by atoms with E-state index in [1.165, 1.54) is 0 Å². The Bertz CT molecular complexity index is 581. The number of aromatic nitrogens is 3. The van der Waals surface area contributed by atoms with E-state index >= 15 is 0 Å². The van der Waals surface area contributed by atoms with Crippen LogP contribution in [0.5, 0.6) is 0 Å². The summed E-state index contributed by atoms with van der Waals surface area (Å²) in [6, 6.07) is 8.74. The Labute approximate surface area is 119 Å². The van der Waals surface area contributed by atoms with Gasteiger partial charge in [-0.25, -0.2) is 4.98 Å². The third-order valence-electron chi connectivity index (χ3n) is 3.71. The number of nitrogens with one attached hydrogen (secondary N) is 1. The highest BCUT2D eigenvalue weighted by Crippen LogP contribution is 2.23. The fourth-order valence-corrected chi connectivity index (χ4v) is 2.53. The Morgan fingerprint density at radius 2 is 2.30 bits per heavy atom. The molecule has 1 aliphatic heterocycles. The molecule has 0 amide bonds. The second kappa shape index (κ2) is 5.63. The Balaban J connectivity index is 1.77. The van der Waals surface area contributed by atoms with Crippen molar-refractivity contribution in [2.24, 2.45) is 13.0 Å². The van der Waals surface area contributed by atoms with Crippen LogP contribution >= 0.6 is 0 Å². The van der Waals surface area contributed by atoms with Gasteiger partial charge in [0.1, 0.15) is 6.33 Å². The van der Waals surface area contributed by atoms with Crippen molar-refractivity contribution in [1.82, 2.24) is 14.8 Å². The third kappa shape index (κ3) is 2.82. The molecule has 20 heavy (non-hydrogen) atoms. The zero-order valence-corrected chi connectivity index (χ0v) is 11.9. The molecule has 0 saturated carbocycles. The van der Waals surface area contributed by atoms with E-state index in [1.807, 2.05) is 19.2 Å². The predicted molar refractivity (Wildman–Crippen MR) is 78.4 cm³/mol. The lowest BCUT2D eigenvalue weighted by atomic mass is 9.97. The van der Waals surface area contributed by atoms with Crippen molar-refractivity contribution in [3.8, 4) is 11.4 Å². The molecule has 2 heterocycles.